The first kappa shape index (κ1) is 24.2. The number of thiophene rings is 1. The van der Waals surface area contributed by atoms with E-state index in [0.717, 1.165) is 44.3 Å². The van der Waals surface area contributed by atoms with Crippen LogP contribution in [0.25, 0.3) is 86.4 Å². The Kier molecular flexibility index (Phi) is 5.40. The molecule has 0 amide bonds. The van der Waals surface area contributed by atoms with E-state index in [9.17, 15) is 0 Å². The number of hydrogen-bond acceptors (Lipinski definition) is 3. The lowest BCUT2D eigenvalue weighted by atomic mass is 9.98. The largest absolute Gasteiger partial charge is 0.245 e. The molecule has 43 heavy (non-hydrogen) atoms. The van der Waals surface area contributed by atoms with E-state index in [1.54, 1.807) is 0 Å². The van der Waals surface area contributed by atoms with E-state index >= 15 is 0 Å². The summed E-state index contributed by atoms with van der Waals surface area (Å²) in [5, 5.41) is 7.45. The van der Waals surface area contributed by atoms with Crippen molar-refractivity contribution in [3.63, 3.8) is 0 Å². The second-order valence-electron chi connectivity index (χ2n) is 11.0. The van der Waals surface area contributed by atoms with E-state index in [1.807, 2.05) is 29.5 Å². The van der Waals surface area contributed by atoms with Crippen molar-refractivity contribution >= 4 is 64.1 Å². The molecule has 9 rings (SSSR count). The van der Waals surface area contributed by atoms with Crippen molar-refractivity contribution in [3.05, 3.63) is 146 Å². The summed E-state index contributed by atoms with van der Waals surface area (Å²) in [6.45, 7) is 0. The molecule has 0 N–H and O–H groups in total. The summed E-state index contributed by atoms with van der Waals surface area (Å²) < 4.78 is 2.70. The molecule has 2 nitrogen and oxygen atoms in total. The Morgan fingerprint density at radius 2 is 0.930 bits per heavy atom. The summed E-state index contributed by atoms with van der Waals surface area (Å²) in [4.78, 5) is 10.2. The topological polar surface area (TPSA) is 25.8 Å². The highest BCUT2D eigenvalue weighted by molar-refractivity contribution is 7.26. The molecule has 0 aliphatic heterocycles. The van der Waals surface area contributed by atoms with Crippen molar-refractivity contribution in [1.29, 1.82) is 0 Å². The summed E-state index contributed by atoms with van der Waals surface area (Å²) in [7, 11) is 0. The molecular formula is C40H24N2S. The maximum absolute atomic E-state index is 5.14. The Morgan fingerprint density at radius 1 is 0.372 bits per heavy atom. The molecule has 0 aliphatic carbocycles. The summed E-state index contributed by atoms with van der Waals surface area (Å²) in [6, 6.07) is 51.9. The summed E-state index contributed by atoms with van der Waals surface area (Å²) in [5.41, 5.74) is 8.38. The molecule has 0 aliphatic rings. The monoisotopic (exact) mass is 564 g/mol. The number of nitrogens with zero attached hydrogens (tertiary/aromatic N) is 2. The minimum absolute atomic E-state index is 0.930. The van der Waals surface area contributed by atoms with Crippen molar-refractivity contribution in [2.75, 3.05) is 0 Å². The van der Waals surface area contributed by atoms with Crippen LogP contribution >= 0.6 is 11.3 Å². The molecule has 200 valence electrons. The van der Waals surface area contributed by atoms with Gasteiger partial charge in [-0.05, 0) is 46.2 Å². The minimum Gasteiger partial charge on any atom is -0.245 e. The van der Waals surface area contributed by atoms with Crippen LogP contribution in [0.4, 0.5) is 0 Å². The molecular weight excluding hydrogens is 541 g/mol. The van der Waals surface area contributed by atoms with Gasteiger partial charge in [0.25, 0.3) is 0 Å². The zero-order valence-corrected chi connectivity index (χ0v) is 24.0. The van der Waals surface area contributed by atoms with Gasteiger partial charge in [-0.1, -0.05) is 121 Å². The molecule has 3 heteroatoms. The highest BCUT2D eigenvalue weighted by atomic mass is 32.1. The molecule has 0 bridgehead atoms. The fourth-order valence-electron chi connectivity index (χ4n) is 6.22. The molecule has 6 aromatic carbocycles. The van der Waals surface area contributed by atoms with Crippen molar-refractivity contribution in [2.24, 2.45) is 0 Å². The first-order chi connectivity index (χ1) is 21.3. The number of benzene rings is 6. The molecule has 3 heterocycles. The molecule has 0 saturated heterocycles. The van der Waals surface area contributed by atoms with E-state index in [2.05, 4.69) is 127 Å². The average Bonchev–Trinajstić information content (AvgIpc) is 3.47. The van der Waals surface area contributed by atoms with Gasteiger partial charge in [0, 0.05) is 42.1 Å². The molecule has 0 atom stereocenters. The van der Waals surface area contributed by atoms with Crippen LogP contribution in [0.3, 0.4) is 0 Å². The fourth-order valence-corrected chi connectivity index (χ4v) is 7.46. The Labute approximate surface area is 252 Å². The van der Waals surface area contributed by atoms with Crippen LogP contribution in [0.5, 0.6) is 0 Å². The number of aromatic nitrogens is 2. The smallest absolute Gasteiger partial charge is 0.0972 e. The Balaban J connectivity index is 1.09. The van der Waals surface area contributed by atoms with Gasteiger partial charge in [0.15, 0.2) is 0 Å². The van der Waals surface area contributed by atoms with Crippen LogP contribution in [0.1, 0.15) is 0 Å². The average molecular weight is 565 g/mol. The van der Waals surface area contributed by atoms with Crippen LogP contribution < -0.4 is 0 Å². The molecule has 0 radical (unpaired) electrons. The molecule has 0 spiro atoms. The third-order valence-corrected chi connectivity index (χ3v) is 9.68. The van der Waals surface area contributed by atoms with Crippen LogP contribution in [0.15, 0.2) is 146 Å². The van der Waals surface area contributed by atoms with Crippen molar-refractivity contribution < 1.29 is 0 Å². The third-order valence-electron chi connectivity index (χ3n) is 8.46. The zero-order chi connectivity index (χ0) is 28.3. The van der Waals surface area contributed by atoms with E-state index in [0.29, 0.717) is 0 Å². The zero-order valence-electron chi connectivity index (χ0n) is 23.2. The van der Waals surface area contributed by atoms with Crippen LogP contribution in [0.2, 0.25) is 0 Å². The van der Waals surface area contributed by atoms with Gasteiger partial charge in [0.1, 0.15) is 0 Å². The number of rotatable bonds is 3. The number of fused-ring (bicyclic) bond motifs is 8. The molecule has 9 aromatic rings. The van der Waals surface area contributed by atoms with Gasteiger partial charge in [-0.3, -0.25) is 0 Å². The number of hydrogen-bond donors (Lipinski definition) is 0. The van der Waals surface area contributed by atoms with Gasteiger partial charge in [0.2, 0.25) is 0 Å². The molecule has 0 saturated carbocycles. The van der Waals surface area contributed by atoms with Gasteiger partial charge in [-0.2, -0.15) is 0 Å². The minimum atomic E-state index is 0.930. The van der Waals surface area contributed by atoms with Crippen molar-refractivity contribution in [2.45, 2.75) is 0 Å². The fraction of sp³-hybridized carbons (Fsp3) is 0. The standard InChI is InChI=1S/C40H24N2S/c1-2-6-26(7-3-1)35-22-18-28-14-15-29-19-23-36(42-39(29)38(28)41-35)27-12-10-25(11-13-27)30-16-20-32-31(24-30)17-21-34-33-8-4-5-9-37(33)43-40(32)34/h1-24H. The highest BCUT2D eigenvalue weighted by Crippen LogP contribution is 2.39. The van der Waals surface area contributed by atoms with Crippen molar-refractivity contribution in [3.8, 4) is 33.6 Å². The van der Waals surface area contributed by atoms with E-state index in [-0.39, 0.29) is 0 Å². The Hall–Kier alpha value is -5.38. The first-order valence-corrected chi connectivity index (χ1v) is 15.3. The predicted octanol–water partition coefficient (Wildman–Crippen LogP) is 11.3. The van der Waals surface area contributed by atoms with Gasteiger partial charge in [-0.25, -0.2) is 9.97 Å². The second-order valence-corrected chi connectivity index (χ2v) is 12.1. The Bertz CT molecular complexity index is 2490. The van der Waals surface area contributed by atoms with E-state index in [1.165, 1.54) is 42.1 Å². The van der Waals surface area contributed by atoms with Crippen LogP contribution in [0, 0.1) is 0 Å². The lowest BCUT2D eigenvalue weighted by molar-refractivity contribution is 1.36. The molecule has 3 aromatic heterocycles. The highest BCUT2D eigenvalue weighted by Gasteiger charge is 2.11. The maximum Gasteiger partial charge on any atom is 0.0972 e. The maximum atomic E-state index is 5.14. The van der Waals surface area contributed by atoms with Gasteiger partial charge >= 0.3 is 0 Å². The van der Waals surface area contributed by atoms with Crippen molar-refractivity contribution in [1.82, 2.24) is 9.97 Å². The van der Waals surface area contributed by atoms with Gasteiger partial charge < -0.3 is 0 Å². The van der Waals surface area contributed by atoms with Crippen LogP contribution in [-0.4, -0.2) is 9.97 Å². The van der Waals surface area contributed by atoms with Gasteiger partial charge in [-0.15, -0.1) is 11.3 Å². The summed E-state index contributed by atoms with van der Waals surface area (Å²) >= 11 is 1.88. The number of pyridine rings is 2. The lowest BCUT2D eigenvalue weighted by Crippen LogP contribution is -1.91. The third kappa shape index (κ3) is 4.01. The molecule has 0 fully saturated rings. The SMILES string of the molecule is c1ccc(-c2ccc3ccc4ccc(-c5ccc(-c6ccc7c(ccc8c9ccccc9sc78)c6)cc5)nc4c3n2)cc1. The quantitative estimate of drug-likeness (QED) is 0.199. The van der Waals surface area contributed by atoms with E-state index in [4.69, 9.17) is 9.97 Å². The Morgan fingerprint density at radius 3 is 1.67 bits per heavy atom. The molecule has 0 unspecified atom stereocenters. The lowest BCUT2D eigenvalue weighted by Gasteiger charge is -2.09. The predicted molar refractivity (Wildman–Crippen MR) is 184 cm³/mol. The van der Waals surface area contributed by atoms with E-state index < -0.39 is 0 Å². The summed E-state index contributed by atoms with van der Waals surface area (Å²) in [6.07, 6.45) is 0. The second kappa shape index (κ2) is 9.59. The summed E-state index contributed by atoms with van der Waals surface area (Å²) in [5.74, 6) is 0. The van der Waals surface area contributed by atoms with Crippen LogP contribution in [-0.2, 0) is 0 Å². The first-order valence-electron chi connectivity index (χ1n) is 14.5. The van der Waals surface area contributed by atoms with Gasteiger partial charge in [0.05, 0.1) is 22.4 Å². The normalized spacial score (nSPS) is 11.7.